The third-order valence-electron chi connectivity index (χ3n) is 3.52. The maximum absolute atomic E-state index is 13.6. The largest absolute Gasteiger partial charge is 0.494 e. The van der Waals surface area contributed by atoms with Crippen LogP contribution in [0.4, 0.5) is 26.0 Å². The molecule has 0 spiro atoms. The molecule has 0 aliphatic rings. The van der Waals surface area contributed by atoms with Gasteiger partial charge < -0.3 is 15.4 Å². The SMILES string of the molecule is CCOc1ccc(NC(=O)c2cnc(Nc3c(F)cccc3F)cn2)cc1. The normalized spacial score (nSPS) is 10.3. The van der Waals surface area contributed by atoms with Gasteiger partial charge in [0, 0.05) is 5.69 Å². The van der Waals surface area contributed by atoms with Crippen molar-refractivity contribution in [2.75, 3.05) is 17.2 Å². The number of anilines is 3. The number of aromatic nitrogens is 2. The maximum atomic E-state index is 13.6. The van der Waals surface area contributed by atoms with E-state index in [0.717, 1.165) is 12.1 Å². The molecule has 0 atom stereocenters. The van der Waals surface area contributed by atoms with Gasteiger partial charge >= 0.3 is 0 Å². The van der Waals surface area contributed by atoms with Gasteiger partial charge in [0.05, 0.1) is 19.0 Å². The van der Waals surface area contributed by atoms with Gasteiger partial charge in [-0.3, -0.25) is 4.79 Å². The zero-order valence-corrected chi connectivity index (χ0v) is 14.4. The zero-order valence-electron chi connectivity index (χ0n) is 14.4. The molecular formula is C19H16F2N4O2. The highest BCUT2D eigenvalue weighted by atomic mass is 19.1. The summed E-state index contributed by atoms with van der Waals surface area (Å²) in [7, 11) is 0. The summed E-state index contributed by atoms with van der Waals surface area (Å²) in [5, 5.41) is 5.18. The number of benzene rings is 2. The van der Waals surface area contributed by atoms with Crippen molar-refractivity contribution in [1.29, 1.82) is 0 Å². The minimum absolute atomic E-state index is 0.0587. The molecule has 0 saturated carbocycles. The molecule has 1 aromatic heterocycles. The van der Waals surface area contributed by atoms with E-state index >= 15 is 0 Å². The number of amides is 1. The van der Waals surface area contributed by atoms with Gasteiger partial charge in [0.2, 0.25) is 0 Å². The number of hydrogen-bond donors (Lipinski definition) is 2. The Morgan fingerprint density at radius 2 is 1.74 bits per heavy atom. The van der Waals surface area contributed by atoms with Crippen molar-refractivity contribution in [3.8, 4) is 5.75 Å². The topological polar surface area (TPSA) is 76.1 Å². The number of hydrogen-bond acceptors (Lipinski definition) is 5. The Balaban J connectivity index is 1.66. The number of carbonyl (C=O) groups excluding carboxylic acids is 1. The molecule has 6 nitrogen and oxygen atoms in total. The van der Waals surface area contributed by atoms with E-state index in [1.54, 1.807) is 24.3 Å². The van der Waals surface area contributed by atoms with Crippen molar-refractivity contribution in [1.82, 2.24) is 9.97 Å². The summed E-state index contributed by atoms with van der Waals surface area (Å²) in [6.45, 7) is 2.44. The lowest BCUT2D eigenvalue weighted by molar-refractivity contribution is 0.102. The molecule has 0 fully saturated rings. The predicted molar refractivity (Wildman–Crippen MR) is 97.2 cm³/mol. The lowest BCUT2D eigenvalue weighted by atomic mass is 10.3. The minimum Gasteiger partial charge on any atom is -0.494 e. The first kappa shape index (κ1) is 18.2. The van der Waals surface area contributed by atoms with Gasteiger partial charge in [-0.1, -0.05) is 6.07 Å². The van der Waals surface area contributed by atoms with Crippen LogP contribution >= 0.6 is 0 Å². The molecule has 0 saturated heterocycles. The Hall–Kier alpha value is -3.55. The molecule has 8 heteroatoms. The number of ether oxygens (including phenoxy) is 1. The van der Waals surface area contributed by atoms with Gasteiger partial charge in [0.25, 0.3) is 5.91 Å². The Kier molecular flexibility index (Phi) is 5.55. The molecule has 0 unspecified atom stereocenters. The molecule has 27 heavy (non-hydrogen) atoms. The highest BCUT2D eigenvalue weighted by Crippen LogP contribution is 2.21. The standard InChI is InChI=1S/C19H16F2N4O2/c1-2-27-13-8-6-12(7-9-13)24-19(26)16-10-23-17(11-22-16)25-18-14(20)4-3-5-15(18)21/h3-11H,2H2,1H3,(H,23,25)(H,24,26). The summed E-state index contributed by atoms with van der Waals surface area (Å²) >= 11 is 0. The molecule has 0 aliphatic heterocycles. The molecule has 138 valence electrons. The van der Waals surface area contributed by atoms with E-state index in [0.29, 0.717) is 18.0 Å². The van der Waals surface area contributed by atoms with Crippen LogP contribution in [0.2, 0.25) is 0 Å². The molecule has 0 bridgehead atoms. The summed E-state index contributed by atoms with van der Waals surface area (Å²) in [6.07, 6.45) is 2.43. The van der Waals surface area contributed by atoms with Crippen molar-refractivity contribution < 1.29 is 18.3 Å². The third-order valence-corrected chi connectivity index (χ3v) is 3.52. The molecule has 3 rings (SSSR count). The lowest BCUT2D eigenvalue weighted by Gasteiger charge is -2.09. The fourth-order valence-corrected chi connectivity index (χ4v) is 2.25. The summed E-state index contributed by atoms with van der Waals surface area (Å²) in [5.41, 5.74) is 0.294. The fraction of sp³-hybridized carbons (Fsp3) is 0.105. The summed E-state index contributed by atoms with van der Waals surface area (Å²) in [6, 6.07) is 10.4. The van der Waals surface area contributed by atoms with Crippen molar-refractivity contribution in [3.63, 3.8) is 0 Å². The smallest absolute Gasteiger partial charge is 0.275 e. The van der Waals surface area contributed by atoms with E-state index in [1.165, 1.54) is 18.5 Å². The molecule has 1 heterocycles. The molecule has 3 aromatic rings. The predicted octanol–water partition coefficient (Wildman–Crippen LogP) is 4.15. The first-order chi connectivity index (χ1) is 13.1. The first-order valence-corrected chi connectivity index (χ1v) is 8.14. The van der Waals surface area contributed by atoms with Crippen LogP contribution in [0.1, 0.15) is 17.4 Å². The van der Waals surface area contributed by atoms with Gasteiger partial charge in [-0.2, -0.15) is 0 Å². The van der Waals surface area contributed by atoms with E-state index in [-0.39, 0.29) is 17.2 Å². The van der Waals surface area contributed by atoms with E-state index in [1.807, 2.05) is 6.92 Å². The number of nitrogens with zero attached hydrogens (tertiary/aromatic N) is 2. The van der Waals surface area contributed by atoms with Gasteiger partial charge in [-0.25, -0.2) is 18.7 Å². The molecule has 2 N–H and O–H groups in total. The highest BCUT2D eigenvalue weighted by molar-refractivity contribution is 6.02. The molecule has 0 aliphatic carbocycles. The van der Waals surface area contributed by atoms with Crippen LogP contribution in [-0.4, -0.2) is 22.5 Å². The van der Waals surface area contributed by atoms with Crippen LogP contribution in [0.5, 0.6) is 5.75 Å². The van der Waals surface area contributed by atoms with Crippen molar-refractivity contribution in [2.45, 2.75) is 6.92 Å². The number of nitrogens with one attached hydrogen (secondary N) is 2. The van der Waals surface area contributed by atoms with E-state index in [4.69, 9.17) is 4.74 Å². The second-order valence-corrected chi connectivity index (χ2v) is 5.42. The minimum atomic E-state index is -0.755. The van der Waals surface area contributed by atoms with Crippen LogP contribution in [-0.2, 0) is 0 Å². The number of carbonyl (C=O) groups is 1. The van der Waals surface area contributed by atoms with Gasteiger partial charge in [0.15, 0.2) is 0 Å². The van der Waals surface area contributed by atoms with Crippen molar-refractivity contribution in [2.24, 2.45) is 0 Å². The summed E-state index contributed by atoms with van der Waals surface area (Å²) < 4.78 is 32.6. The van der Waals surface area contributed by atoms with E-state index < -0.39 is 17.5 Å². The first-order valence-electron chi connectivity index (χ1n) is 8.14. The van der Waals surface area contributed by atoms with Crippen LogP contribution in [0.3, 0.4) is 0 Å². The Morgan fingerprint density at radius 3 is 2.33 bits per heavy atom. The third kappa shape index (κ3) is 4.55. The molecule has 2 aromatic carbocycles. The second-order valence-electron chi connectivity index (χ2n) is 5.42. The maximum Gasteiger partial charge on any atom is 0.275 e. The van der Waals surface area contributed by atoms with E-state index in [2.05, 4.69) is 20.6 Å². The Labute approximate surface area is 154 Å². The molecular weight excluding hydrogens is 354 g/mol. The van der Waals surface area contributed by atoms with Crippen LogP contribution in [0.15, 0.2) is 54.9 Å². The lowest BCUT2D eigenvalue weighted by Crippen LogP contribution is -2.14. The van der Waals surface area contributed by atoms with Gasteiger partial charge in [0.1, 0.15) is 34.6 Å². The number of halogens is 2. The average Bonchev–Trinajstić information content (AvgIpc) is 2.67. The Bertz CT molecular complexity index is 911. The van der Waals surface area contributed by atoms with Crippen LogP contribution in [0.25, 0.3) is 0 Å². The molecule has 1 amide bonds. The van der Waals surface area contributed by atoms with Crippen molar-refractivity contribution >= 4 is 23.1 Å². The second kappa shape index (κ2) is 8.22. The van der Waals surface area contributed by atoms with Crippen LogP contribution in [0, 0.1) is 11.6 Å². The molecule has 0 radical (unpaired) electrons. The van der Waals surface area contributed by atoms with Crippen molar-refractivity contribution in [3.05, 3.63) is 72.2 Å². The number of rotatable bonds is 6. The summed E-state index contributed by atoms with van der Waals surface area (Å²) in [4.78, 5) is 20.2. The highest BCUT2D eigenvalue weighted by Gasteiger charge is 2.12. The van der Waals surface area contributed by atoms with Gasteiger partial charge in [-0.05, 0) is 43.3 Å². The fourth-order valence-electron chi connectivity index (χ4n) is 2.25. The van der Waals surface area contributed by atoms with E-state index in [9.17, 15) is 13.6 Å². The zero-order chi connectivity index (χ0) is 19.2. The van der Waals surface area contributed by atoms with Gasteiger partial charge in [-0.15, -0.1) is 0 Å². The van der Waals surface area contributed by atoms with Crippen LogP contribution < -0.4 is 15.4 Å². The number of para-hydroxylation sites is 1. The quantitative estimate of drug-likeness (QED) is 0.682. The summed E-state index contributed by atoms with van der Waals surface area (Å²) in [5.74, 6) is -1.17. The monoisotopic (exact) mass is 370 g/mol. The Morgan fingerprint density at radius 1 is 1.04 bits per heavy atom. The average molecular weight is 370 g/mol.